The number of benzene rings is 2. The maximum absolute atomic E-state index is 13.1. The largest absolute Gasteiger partial charge is 0.339 e. The van der Waals surface area contributed by atoms with E-state index in [-0.39, 0.29) is 11.7 Å². The molecule has 0 bridgehead atoms. The maximum Gasteiger partial charge on any atom is 0.274 e. The molecule has 6 nitrogen and oxygen atoms in total. The highest BCUT2D eigenvalue weighted by Gasteiger charge is 2.38. The van der Waals surface area contributed by atoms with Gasteiger partial charge in [-0.3, -0.25) is 14.8 Å². The van der Waals surface area contributed by atoms with Crippen molar-refractivity contribution in [2.75, 3.05) is 19.6 Å². The van der Waals surface area contributed by atoms with E-state index < -0.39 is 5.91 Å². The quantitative estimate of drug-likeness (QED) is 0.353. The van der Waals surface area contributed by atoms with Crippen molar-refractivity contribution in [1.82, 2.24) is 15.7 Å². The standard InChI is InChI=1S/C25H28FN3O3/c26-21-8-6-19(7-9-21)22-15-23(22)27-16-18-11-13-29(14-12-18)24(30)10-3-17-1-4-20(5-2-17)25(31)28-32/h1-10,18,22-23,27,32H,11-16H2,(H,28,31)/b10-3+/t22-,23+/m0/s1. The van der Waals surface area contributed by atoms with E-state index in [2.05, 4.69) is 5.32 Å². The zero-order chi connectivity index (χ0) is 22.5. The van der Waals surface area contributed by atoms with E-state index >= 15 is 0 Å². The van der Waals surface area contributed by atoms with Crippen LogP contribution in [0.3, 0.4) is 0 Å². The third-order valence-corrected chi connectivity index (χ3v) is 6.38. The number of likely N-dealkylation sites (tertiary alicyclic amines) is 1. The van der Waals surface area contributed by atoms with Gasteiger partial charge in [0.25, 0.3) is 5.91 Å². The van der Waals surface area contributed by atoms with Gasteiger partial charge in [0.05, 0.1) is 0 Å². The highest BCUT2D eigenvalue weighted by Crippen LogP contribution is 2.41. The number of amides is 2. The zero-order valence-electron chi connectivity index (χ0n) is 17.8. The van der Waals surface area contributed by atoms with Crippen molar-refractivity contribution in [3.63, 3.8) is 0 Å². The lowest BCUT2D eigenvalue weighted by atomic mass is 9.96. The van der Waals surface area contributed by atoms with E-state index in [1.54, 1.807) is 41.9 Å². The first kappa shape index (κ1) is 22.2. The van der Waals surface area contributed by atoms with Crippen LogP contribution in [0, 0.1) is 11.7 Å². The number of hydrogen-bond acceptors (Lipinski definition) is 4. The molecule has 2 aromatic rings. The number of carbonyl (C=O) groups is 2. The molecule has 1 heterocycles. The van der Waals surface area contributed by atoms with Gasteiger partial charge in [-0.25, -0.2) is 9.87 Å². The second-order valence-electron chi connectivity index (χ2n) is 8.57. The van der Waals surface area contributed by atoms with E-state index in [9.17, 15) is 14.0 Å². The summed E-state index contributed by atoms with van der Waals surface area (Å²) < 4.78 is 13.1. The Labute approximate surface area is 187 Å². The van der Waals surface area contributed by atoms with Crippen LogP contribution in [-0.4, -0.2) is 47.6 Å². The molecule has 2 fully saturated rings. The summed E-state index contributed by atoms with van der Waals surface area (Å²) in [7, 11) is 0. The predicted octanol–water partition coefficient (Wildman–Crippen LogP) is 3.34. The number of hydroxylamine groups is 1. The molecule has 4 rings (SSSR count). The molecule has 0 aromatic heterocycles. The average molecular weight is 438 g/mol. The normalized spacial score (nSPS) is 21.0. The monoisotopic (exact) mass is 437 g/mol. The van der Waals surface area contributed by atoms with Crippen molar-refractivity contribution in [3.05, 3.63) is 77.1 Å². The van der Waals surface area contributed by atoms with Gasteiger partial charge >= 0.3 is 0 Å². The van der Waals surface area contributed by atoms with Crippen molar-refractivity contribution >= 4 is 17.9 Å². The van der Waals surface area contributed by atoms with Crippen LogP contribution in [0.2, 0.25) is 0 Å². The fraction of sp³-hybridized carbons (Fsp3) is 0.360. The molecular weight excluding hydrogens is 409 g/mol. The van der Waals surface area contributed by atoms with E-state index in [4.69, 9.17) is 5.21 Å². The molecule has 1 aliphatic carbocycles. The third-order valence-electron chi connectivity index (χ3n) is 6.38. The van der Waals surface area contributed by atoms with Gasteiger partial charge in [-0.1, -0.05) is 24.3 Å². The first-order valence-electron chi connectivity index (χ1n) is 11.0. The van der Waals surface area contributed by atoms with Gasteiger partial charge in [0.1, 0.15) is 5.82 Å². The highest BCUT2D eigenvalue weighted by atomic mass is 19.1. The van der Waals surface area contributed by atoms with Crippen molar-refractivity contribution in [2.24, 2.45) is 5.92 Å². The first-order valence-corrected chi connectivity index (χ1v) is 11.0. The molecule has 2 atom stereocenters. The van der Waals surface area contributed by atoms with Gasteiger partial charge in [-0.2, -0.15) is 0 Å². The minimum Gasteiger partial charge on any atom is -0.339 e. The molecule has 0 spiro atoms. The Morgan fingerprint density at radius 1 is 1.06 bits per heavy atom. The summed E-state index contributed by atoms with van der Waals surface area (Å²) in [5.74, 6) is 0.269. The maximum atomic E-state index is 13.1. The Kier molecular flexibility index (Phi) is 6.97. The second kappa shape index (κ2) is 10.1. The molecular formula is C25H28FN3O3. The van der Waals surface area contributed by atoms with Crippen LogP contribution in [0.5, 0.6) is 0 Å². The average Bonchev–Trinajstić information content (AvgIpc) is 3.61. The van der Waals surface area contributed by atoms with Crippen LogP contribution in [-0.2, 0) is 4.79 Å². The Morgan fingerprint density at radius 2 is 1.75 bits per heavy atom. The number of nitrogens with one attached hydrogen (secondary N) is 2. The summed E-state index contributed by atoms with van der Waals surface area (Å²) in [4.78, 5) is 25.7. The molecule has 7 heteroatoms. The molecule has 3 N–H and O–H groups in total. The molecule has 32 heavy (non-hydrogen) atoms. The lowest BCUT2D eigenvalue weighted by Gasteiger charge is -2.31. The molecule has 2 amide bonds. The first-order chi connectivity index (χ1) is 15.5. The number of rotatable bonds is 7. The number of nitrogens with zero attached hydrogens (tertiary/aromatic N) is 1. The van der Waals surface area contributed by atoms with E-state index in [0.717, 1.165) is 44.5 Å². The van der Waals surface area contributed by atoms with Gasteiger partial charge in [0.15, 0.2) is 0 Å². The Morgan fingerprint density at radius 3 is 2.41 bits per heavy atom. The highest BCUT2D eigenvalue weighted by molar-refractivity contribution is 5.94. The summed E-state index contributed by atoms with van der Waals surface area (Å²) in [6.07, 6.45) is 6.35. The smallest absolute Gasteiger partial charge is 0.274 e. The second-order valence-corrected chi connectivity index (χ2v) is 8.57. The minimum absolute atomic E-state index is 0.00727. The van der Waals surface area contributed by atoms with Crippen LogP contribution in [0.15, 0.2) is 54.6 Å². The van der Waals surface area contributed by atoms with Gasteiger partial charge in [-0.05, 0) is 73.2 Å². The molecule has 1 saturated carbocycles. The molecule has 0 radical (unpaired) electrons. The lowest BCUT2D eigenvalue weighted by Crippen LogP contribution is -2.40. The van der Waals surface area contributed by atoms with Crippen molar-refractivity contribution in [2.45, 2.75) is 31.2 Å². The van der Waals surface area contributed by atoms with Crippen LogP contribution < -0.4 is 10.8 Å². The van der Waals surface area contributed by atoms with Crippen molar-refractivity contribution < 1.29 is 19.2 Å². The van der Waals surface area contributed by atoms with Crippen molar-refractivity contribution in [3.8, 4) is 0 Å². The molecule has 168 valence electrons. The summed E-state index contributed by atoms with van der Waals surface area (Å²) >= 11 is 0. The SMILES string of the molecule is O=C(NO)c1ccc(/C=C/C(=O)N2CCC(CN[C@@H]3C[C@H]3c3ccc(F)cc3)CC2)cc1. The summed E-state index contributed by atoms with van der Waals surface area (Å²) in [5, 5.41) is 12.3. The molecule has 1 aliphatic heterocycles. The van der Waals surface area contributed by atoms with Crippen LogP contribution in [0.4, 0.5) is 4.39 Å². The van der Waals surface area contributed by atoms with Gasteiger partial charge in [-0.15, -0.1) is 0 Å². The van der Waals surface area contributed by atoms with Gasteiger partial charge in [0, 0.05) is 36.7 Å². The zero-order valence-corrected chi connectivity index (χ0v) is 17.8. The number of piperidine rings is 1. The lowest BCUT2D eigenvalue weighted by molar-refractivity contribution is -0.127. The Bertz CT molecular complexity index is 967. The van der Waals surface area contributed by atoms with Gasteiger partial charge in [0.2, 0.25) is 5.91 Å². The third kappa shape index (κ3) is 5.60. The molecule has 2 aromatic carbocycles. The van der Waals surface area contributed by atoms with Gasteiger partial charge < -0.3 is 10.2 Å². The van der Waals surface area contributed by atoms with E-state index in [1.807, 2.05) is 17.0 Å². The summed E-state index contributed by atoms with van der Waals surface area (Å²) in [6, 6.07) is 13.9. The fourth-order valence-electron chi connectivity index (χ4n) is 4.26. The fourth-order valence-corrected chi connectivity index (χ4v) is 4.26. The molecule has 2 aliphatic rings. The molecule has 1 saturated heterocycles. The Hall–Kier alpha value is -3.03. The minimum atomic E-state index is -0.568. The van der Waals surface area contributed by atoms with Crippen molar-refractivity contribution in [1.29, 1.82) is 0 Å². The topological polar surface area (TPSA) is 81.7 Å². The summed E-state index contributed by atoms with van der Waals surface area (Å²) in [5.41, 5.74) is 3.95. The van der Waals surface area contributed by atoms with Crippen LogP contribution >= 0.6 is 0 Å². The van der Waals surface area contributed by atoms with E-state index in [1.165, 1.54) is 17.7 Å². The van der Waals surface area contributed by atoms with E-state index in [0.29, 0.717) is 23.4 Å². The number of halogens is 1. The van der Waals surface area contributed by atoms with Crippen LogP contribution in [0.25, 0.3) is 6.08 Å². The summed E-state index contributed by atoms with van der Waals surface area (Å²) in [6.45, 7) is 2.45. The number of carbonyl (C=O) groups excluding carboxylic acids is 2. The predicted molar refractivity (Wildman–Crippen MR) is 120 cm³/mol. The Balaban J connectivity index is 1.17. The molecule has 0 unspecified atom stereocenters. The van der Waals surface area contributed by atoms with Crippen LogP contribution in [0.1, 0.15) is 46.7 Å². The number of hydrogen-bond donors (Lipinski definition) is 3.